The third-order valence-corrected chi connectivity index (χ3v) is 6.05. The van der Waals surface area contributed by atoms with Crippen molar-refractivity contribution in [3.05, 3.63) is 112 Å². The quantitative estimate of drug-likeness (QED) is 0.308. The van der Waals surface area contributed by atoms with Crippen molar-refractivity contribution < 1.29 is 18.7 Å². The highest BCUT2D eigenvalue weighted by molar-refractivity contribution is 7.80. The lowest BCUT2D eigenvalue weighted by Gasteiger charge is -2.29. The fraction of sp³-hybridized carbons (Fsp3) is 0.107. The Kier molecular flexibility index (Phi) is 6.13. The van der Waals surface area contributed by atoms with Gasteiger partial charge in [0.25, 0.3) is 11.8 Å². The molecule has 2 aromatic carbocycles. The SMILES string of the molecule is O=C1NC(=S)N(c2ccccc2)C(=O)/C1=C\C1=c2ccccc2=C=C=C1OCC1=CC=C(F)CC1. The number of benzene rings is 2. The van der Waals surface area contributed by atoms with Crippen molar-refractivity contribution in [1.82, 2.24) is 5.32 Å². The van der Waals surface area contributed by atoms with Gasteiger partial charge < -0.3 is 4.74 Å². The molecule has 1 heterocycles. The number of amides is 2. The molecule has 0 saturated carbocycles. The maximum Gasteiger partial charge on any atom is 0.270 e. The summed E-state index contributed by atoms with van der Waals surface area (Å²) in [5, 5.41) is 4.12. The molecule has 2 aromatic rings. The van der Waals surface area contributed by atoms with Gasteiger partial charge in [0.1, 0.15) is 18.0 Å². The molecule has 1 N–H and O–H groups in total. The Morgan fingerprint density at radius 2 is 1.80 bits per heavy atom. The molecule has 1 saturated heterocycles. The van der Waals surface area contributed by atoms with Crippen LogP contribution in [-0.2, 0) is 14.3 Å². The van der Waals surface area contributed by atoms with Gasteiger partial charge in [0, 0.05) is 22.4 Å². The van der Waals surface area contributed by atoms with Crippen LogP contribution in [0.2, 0.25) is 0 Å². The van der Waals surface area contributed by atoms with Gasteiger partial charge in [0.2, 0.25) is 0 Å². The predicted octanol–water partition coefficient (Wildman–Crippen LogP) is 3.23. The maximum absolute atomic E-state index is 13.4. The molecule has 0 unspecified atom stereocenters. The van der Waals surface area contributed by atoms with Crippen LogP contribution in [0.1, 0.15) is 12.8 Å². The van der Waals surface area contributed by atoms with Gasteiger partial charge in [-0.25, -0.2) is 4.39 Å². The highest BCUT2D eigenvalue weighted by Crippen LogP contribution is 2.25. The number of rotatable bonds is 5. The average molecular weight is 483 g/mol. The van der Waals surface area contributed by atoms with Crippen LogP contribution in [0.25, 0.3) is 11.3 Å². The van der Waals surface area contributed by atoms with Crippen LogP contribution < -0.4 is 20.7 Å². The van der Waals surface area contributed by atoms with Crippen molar-refractivity contribution in [3.63, 3.8) is 0 Å². The summed E-state index contributed by atoms with van der Waals surface area (Å²) in [5.74, 6) is -0.950. The van der Waals surface area contributed by atoms with E-state index in [9.17, 15) is 14.0 Å². The Labute approximate surface area is 206 Å². The lowest BCUT2D eigenvalue weighted by Crippen LogP contribution is -2.54. The largest absolute Gasteiger partial charge is 0.480 e. The standard InChI is InChI=1S/C28H19FN2O3S/c29-20-13-10-18(11-14-20)17-34-25-15-12-19-6-4-5-9-22(19)23(25)16-24-26(32)30-28(35)31(27(24)33)21-7-2-1-3-8-21/h1-10,13,16H,11,14,17H2,(H,30,32,35)/b24-16-. The van der Waals surface area contributed by atoms with E-state index in [-0.39, 0.29) is 23.1 Å². The number of para-hydroxylation sites is 1. The lowest BCUT2D eigenvalue weighted by molar-refractivity contribution is -0.122. The van der Waals surface area contributed by atoms with Crippen LogP contribution in [0.5, 0.6) is 0 Å². The summed E-state index contributed by atoms with van der Waals surface area (Å²) < 4.78 is 19.4. The summed E-state index contributed by atoms with van der Waals surface area (Å²) in [6, 6.07) is 16.3. The van der Waals surface area contributed by atoms with Gasteiger partial charge in [0.15, 0.2) is 10.9 Å². The fourth-order valence-electron chi connectivity index (χ4n) is 3.95. The number of thiocarbonyl (C=S) groups is 1. The summed E-state index contributed by atoms with van der Waals surface area (Å²) in [5.41, 5.74) is 8.00. The van der Waals surface area contributed by atoms with Crippen LogP contribution in [0.15, 0.2) is 101 Å². The average Bonchev–Trinajstić information content (AvgIpc) is 2.87. The summed E-state index contributed by atoms with van der Waals surface area (Å²) >= 11 is 5.28. The molecule has 1 fully saturated rings. The zero-order valence-corrected chi connectivity index (χ0v) is 19.3. The predicted molar refractivity (Wildman–Crippen MR) is 135 cm³/mol. The van der Waals surface area contributed by atoms with Gasteiger partial charge in [-0.1, -0.05) is 48.2 Å². The van der Waals surface area contributed by atoms with Gasteiger partial charge in [0.05, 0.1) is 5.69 Å². The number of nitrogens with one attached hydrogen (secondary N) is 1. The van der Waals surface area contributed by atoms with Crippen LogP contribution in [0.4, 0.5) is 10.1 Å². The summed E-state index contributed by atoms with van der Waals surface area (Å²) in [4.78, 5) is 27.6. The molecule has 0 atom stereocenters. The Balaban J connectivity index is 1.55. The van der Waals surface area contributed by atoms with Gasteiger partial charge in [-0.3, -0.25) is 19.8 Å². The molecule has 0 bridgehead atoms. The van der Waals surface area contributed by atoms with Crippen LogP contribution >= 0.6 is 12.2 Å². The minimum atomic E-state index is -0.592. The van der Waals surface area contributed by atoms with Crippen LogP contribution in [-0.4, -0.2) is 23.5 Å². The zero-order valence-electron chi connectivity index (χ0n) is 18.5. The first-order valence-electron chi connectivity index (χ1n) is 11.0. The van der Waals surface area contributed by atoms with E-state index in [1.54, 1.807) is 30.3 Å². The smallest absolute Gasteiger partial charge is 0.270 e. The first-order chi connectivity index (χ1) is 17.0. The first kappa shape index (κ1) is 22.5. The topological polar surface area (TPSA) is 58.6 Å². The van der Waals surface area contributed by atoms with E-state index < -0.39 is 11.8 Å². The maximum atomic E-state index is 13.4. The van der Waals surface area contributed by atoms with E-state index in [0.29, 0.717) is 29.9 Å². The minimum absolute atomic E-state index is 0.0159. The molecule has 35 heavy (non-hydrogen) atoms. The molecule has 0 aromatic heterocycles. The van der Waals surface area contributed by atoms with Crippen molar-refractivity contribution in [2.24, 2.45) is 0 Å². The molecule has 0 radical (unpaired) electrons. The number of nitrogens with zero attached hydrogens (tertiary/aromatic N) is 1. The Morgan fingerprint density at radius 3 is 2.57 bits per heavy atom. The molecular weight excluding hydrogens is 463 g/mol. The molecule has 0 spiro atoms. The van der Waals surface area contributed by atoms with E-state index >= 15 is 0 Å². The van der Waals surface area contributed by atoms with E-state index in [2.05, 4.69) is 16.8 Å². The van der Waals surface area contributed by atoms with Crippen molar-refractivity contribution in [2.45, 2.75) is 12.8 Å². The molecule has 172 valence electrons. The van der Waals surface area contributed by atoms with Crippen LogP contribution in [0.3, 0.4) is 0 Å². The van der Waals surface area contributed by atoms with Crippen LogP contribution in [0, 0.1) is 0 Å². The van der Waals surface area contributed by atoms with E-state index in [0.717, 1.165) is 16.0 Å². The number of allylic oxidation sites excluding steroid dienone is 4. The number of carbonyl (C=O) groups excluding carboxylic acids is 2. The highest BCUT2D eigenvalue weighted by atomic mass is 32.1. The lowest BCUT2D eigenvalue weighted by atomic mass is 10.0. The molecule has 3 aliphatic rings. The number of carbonyl (C=O) groups is 2. The van der Waals surface area contributed by atoms with Crippen molar-refractivity contribution >= 4 is 46.1 Å². The zero-order chi connectivity index (χ0) is 24.4. The van der Waals surface area contributed by atoms with Gasteiger partial charge >= 0.3 is 0 Å². The van der Waals surface area contributed by atoms with E-state index in [1.165, 1.54) is 17.1 Å². The molecule has 7 heteroatoms. The van der Waals surface area contributed by atoms with Gasteiger partial charge in [-0.15, -0.1) is 0 Å². The third kappa shape index (κ3) is 4.57. The monoisotopic (exact) mass is 482 g/mol. The molecule has 2 aliphatic carbocycles. The Bertz CT molecular complexity index is 1560. The Morgan fingerprint density at radius 1 is 1.03 bits per heavy atom. The van der Waals surface area contributed by atoms with Crippen molar-refractivity contribution in [3.8, 4) is 0 Å². The number of anilines is 1. The molecule has 1 aliphatic heterocycles. The van der Waals surface area contributed by atoms with E-state index in [4.69, 9.17) is 17.0 Å². The Hall–Kier alpha value is -4.28. The first-order valence-corrected chi connectivity index (χ1v) is 11.4. The summed E-state index contributed by atoms with van der Waals surface area (Å²) in [7, 11) is 0. The number of fused-ring (bicyclic) bond motifs is 1. The second kappa shape index (κ2) is 9.53. The fourth-order valence-corrected chi connectivity index (χ4v) is 4.23. The minimum Gasteiger partial charge on any atom is -0.480 e. The van der Waals surface area contributed by atoms with Gasteiger partial charge in [-0.2, -0.15) is 0 Å². The van der Waals surface area contributed by atoms with E-state index in [1.807, 2.05) is 30.3 Å². The number of halogens is 1. The number of hydrogen-bond acceptors (Lipinski definition) is 4. The number of hydrogen-bond donors (Lipinski definition) is 1. The second-order valence-corrected chi connectivity index (χ2v) is 8.45. The van der Waals surface area contributed by atoms with Crippen molar-refractivity contribution in [2.75, 3.05) is 11.5 Å². The number of ether oxygens (including phenoxy) is 1. The summed E-state index contributed by atoms with van der Waals surface area (Å²) in [6.45, 7) is 0.225. The third-order valence-electron chi connectivity index (χ3n) is 5.76. The van der Waals surface area contributed by atoms with Gasteiger partial charge in [-0.05, 0) is 60.3 Å². The molecule has 2 amide bonds. The molecule has 5 nitrogen and oxygen atoms in total. The highest BCUT2D eigenvalue weighted by Gasteiger charge is 2.35. The molecular formula is C28H19FN2O3S. The van der Waals surface area contributed by atoms with Crippen molar-refractivity contribution in [1.29, 1.82) is 0 Å². The normalized spacial score (nSPS) is 18.4. The summed E-state index contributed by atoms with van der Waals surface area (Å²) in [6.07, 6.45) is 5.54. The second-order valence-electron chi connectivity index (χ2n) is 8.06. The molecule has 5 rings (SSSR count).